The molecule has 1 saturated carbocycles. The molecule has 5 heteroatoms. The van der Waals surface area contributed by atoms with Crippen LogP contribution in [0.1, 0.15) is 12.8 Å². The van der Waals surface area contributed by atoms with Crippen molar-refractivity contribution in [3.05, 3.63) is 0 Å². The number of rotatable bonds is 1. The van der Waals surface area contributed by atoms with Gasteiger partial charge in [-0.25, -0.2) is 0 Å². The van der Waals surface area contributed by atoms with Gasteiger partial charge in [-0.15, -0.1) is 0 Å². The van der Waals surface area contributed by atoms with Crippen molar-refractivity contribution < 1.29 is 0 Å². The quantitative estimate of drug-likeness (QED) is 0.366. The highest BCUT2D eigenvalue weighted by Gasteiger charge is 2.45. The molecule has 2 rings (SSSR count). The third-order valence-corrected chi connectivity index (χ3v) is 3.52. The molecule has 0 aromatic rings. The average Bonchev–Trinajstić information content (AvgIpc) is 2.98. The van der Waals surface area contributed by atoms with Crippen molar-refractivity contribution >= 4 is 0 Å². The molecule has 1 unspecified atom stereocenters. The Labute approximate surface area is 97.9 Å². The van der Waals surface area contributed by atoms with Crippen LogP contribution in [0.15, 0.2) is 0 Å². The number of nitrogens with one attached hydrogen (secondary N) is 4. The fourth-order valence-corrected chi connectivity index (χ4v) is 2.16. The van der Waals surface area contributed by atoms with Gasteiger partial charge in [0, 0.05) is 57.4 Å². The lowest BCUT2D eigenvalue weighted by molar-refractivity contribution is 0.385. The zero-order valence-corrected chi connectivity index (χ0v) is 10.0. The van der Waals surface area contributed by atoms with Gasteiger partial charge in [-0.1, -0.05) is 0 Å². The Morgan fingerprint density at radius 2 is 1.38 bits per heavy atom. The van der Waals surface area contributed by atoms with Crippen molar-refractivity contribution in [1.29, 1.82) is 0 Å². The average molecular weight is 227 g/mol. The Morgan fingerprint density at radius 3 is 2.00 bits per heavy atom. The normalized spacial score (nSPS) is 32.4. The summed E-state index contributed by atoms with van der Waals surface area (Å²) in [7, 11) is 0. The van der Waals surface area contributed by atoms with Crippen LogP contribution >= 0.6 is 0 Å². The molecule has 6 N–H and O–H groups in total. The fourth-order valence-electron chi connectivity index (χ4n) is 2.16. The van der Waals surface area contributed by atoms with Crippen molar-refractivity contribution in [2.24, 2.45) is 5.73 Å². The second-order valence-electron chi connectivity index (χ2n) is 4.94. The van der Waals surface area contributed by atoms with Gasteiger partial charge in [0.25, 0.3) is 0 Å². The minimum atomic E-state index is 0.0601. The van der Waals surface area contributed by atoms with Crippen LogP contribution in [0.4, 0.5) is 0 Å². The van der Waals surface area contributed by atoms with Crippen LogP contribution in [0.2, 0.25) is 0 Å². The predicted octanol–water partition coefficient (Wildman–Crippen LogP) is -1.78. The van der Waals surface area contributed by atoms with Crippen LogP contribution in [-0.2, 0) is 0 Å². The number of nitrogens with two attached hydrogens (primary N) is 1. The Bertz CT molecular complexity index is 193. The van der Waals surface area contributed by atoms with E-state index in [-0.39, 0.29) is 5.54 Å². The molecular formula is C11H25N5. The minimum Gasteiger partial charge on any atom is -0.324 e. The first-order chi connectivity index (χ1) is 7.81. The molecule has 0 spiro atoms. The summed E-state index contributed by atoms with van der Waals surface area (Å²) >= 11 is 0. The first-order valence-electron chi connectivity index (χ1n) is 6.46. The highest BCUT2D eigenvalue weighted by molar-refractivity contribution is 5.08. The van der Waals surface area contributed by atoms with Gasteiger partial charge in [0.1, 0.15) is 0 Å². The second-order valence-corrected chi connectivity index (χ2v) is 4.94. The first kappa shape index (κ1) is 12.3. The summed E-state index contributed by atoms with van der Waals surface area (Å²) in [5.74, 6) is 0. The highest BCUT2D eigenvalue weighted by Crippen LogP contribution is 2.35. The van der Waals surface area contributed by atoms with Crippen LogP contribution in [-0.4, -0.2) is 57.4 Å². The largest absolute Gasteiger partial charge is 0.324 e. The minimum absolute atomic E-state index is 0.0601. The maximum absolute atomic E-state index is 6.26. The molecule has 1 heterocycles. The smallest absolute Gasteiger partial charge is 0.0374 e. The van der Waals surface area contributed by atoms with Gasteiger partial charge in [0.2, 0.25) is 0 Å². The second kappa shape index (κ2) is 5.93. The maximum atomic E-state index is 6.26. The summed E-state index contributed by atoms with van der Waals surface area (Å²) in [6, 6.07) is 0.425. The van der Waals surface area contributed by atoms with Gasteiger partial charge < -0.3 is 27.0 Å². The summed E-state index contributed by atoms with van der Waals surface area (Å²) in [6.07, 6.45) is 2.33. The summed E-state index contributed by atoms with van der Waals surface area (Å²) in [4.78, 5) is 0. The lowest BCUT2D eigenvalue weighted by Crippen LogP contribution is -2.55. The van der Waals surface area contributed by atoms with Crippen LogP contribution < -0.4 is 27.0 Å². The standard InChI is InChI=1S/C11H25N5/c12-11(1-2-11)10-9-15-6-5-13-3-4-14-7-8-16-10/h10,13-16H,1-9,12H2. The molecule has 0 bridgehead atoms. The van der Waals surface area contributed by atoms with Crippen molar-refractivity contribution in [2.45, 2.75) is 24.4 Å². The zero-order chi connectivity index (χ0) is 11.3. The van der Waals surface area contributed by atoms with Crippen molar-refractivity contribution in [2.75, 3.05) is 45.8 Å². The maximum Gasteiger partial charge on any atom is 0.0374 e. The van der Waals surface area contributed by atoms with E-state index in [9.17, 15) is 0 Å². The molecular weight excluding hydrogens is 202 g/mol. The molecule has 2 aliphatic rings. The third-order valence-electron chi connectivity index (χ3n) is 3.52. The molecule has 2 fully saturated rings. The lowest BCUT2D eigenvalue weighted by atomic mass is 10.1. The molecule has 1 atom stereocenters. The molecule has 1 aliphatic carbocycles. The van der Waals surface area contributed by atoms with Crippen LogP contribution in [0.3, 0.4) is 0 Å². The lowest BCUT2D eigenvalue weighted by Gasteiger charge is -2.26. The first-order valence-corrected chi connectivity index (χ1v) is 6.46. The topological polar surface area (TPSA) is 74.1 Å². The van der Waals surface area contributed by atoms with E-state index < -0.39 is 0 Å². The van der Waals surface area contributed by atoms with Crippen LogP contribution in [0.5, 0.6) is 0 Å². The summed E-state index contributed by atoms with van der Waals surface area (Å²) in [5, 5.41) is 13.8. The van der Waals surface area contributed by atoms with E-state index in [0.717, 1.165) is 58.7 Å². The molecule has 0 aromatic heterocycles. The van der Waals surface area contributed by atoms with Gasteiger partial charge in [0.05, 0.1) is 0 Å². The Hall–Kier alpha value is -0.200. The van der Waals surface area contributed by atoms with E-state index in [2.05, 4.69) is 21.3 Å². The van der Waals surface area contributed by atoms with Crippen molar-refractivity contribution in [3.63, 3.8) is 0 Å². The molecule has 94 valence electrons. The van der Waals surface area contributed by atoms with E-state index >= 15 is 0 Å². The monoisotopic (exact) mass is 227 g/mol. The fraction of sp³-hybridized carbons (Fsp3) is 1.00. The number of hydrogen-bond donors (Lipinski definition) is 5. The van der Waals surface area contributed by atoms with Crippen LogP contribution in [0, 0.1) is 0 Å². The van der Waals surface area contributed by atoms with Crippen molar-refractivity contribution in [1.82, 2.24) is 21.3 Å². The molecule has 0 aromatic carbocycles. The van der Waals surface area contributed by atoms with Gasteiger partial charge in [-0.05, 0) is 12.8 Å². The van der Waals surface area contributed by atoms with E-state index in [0.29, 0.717) is 6.04 Å². The summed E-state index contributed by atoms with van der Waals surface area (Å²) in [5.41, 5.74) is 6.32. The molecule has 1 saturated heterocycles. The predicted molar refractivity (Wildman–Crippen MR) is 66.6 cm³/mol. The Morgan fingerprint density at radius 1 is 0.812 bits per heavy atom. The van der Waals surface area contributed by atoms with Crippen LogP contribution in [0.25, 0.3) is 0 Å². The molecule has 1 aliphatic heterocycles. The van der Waals surface area contributed by atoms with Gasteiger partial charge in [-0.2, -0.15) is 0 Å². The SMILES string of the molecule is NC1(C2CNCCNCCNCCN2)CC1. The van der Waals surface area contributed by atoms with E-state index in [1.807, 2.05) is 0 Å². The van der Waals surface area contributed by atoms with Gasteiger partial charge in [0.15, 0.2) is 0 Å². The van der Waals surface area contributed by atoms with Gasteiger partial charge in [-0.3, -0.25) is 0 Å². The molecule has 16 heavy (non-hydrogen) atoms. The highest BCUT2D eigenvalue weighted by atomic mass is 15.1. The van der Waals surface area contributed by atoms with E-state index in [4.69, 9.17) is 5.73 Å². The molecule has 0 amide bonds. The summed E-state index contributed by atoms with van der Waals surface area (Å²) in [6.45, 7) is 7.16. The molecule has 0 radical (unpaired) electrons. The Kier molecular flexibility index (Phi) is 4.55. The third kappa shape index (κ3) is 3.68. The number of hydrogen-bond acceptors (Lipinski definition) is 5. The summed E-state index contributed by atoms with van der Waals surface area (Å²) < 4.78 is 0. The van der Waals surface area contributed by atoms with E-state index in [1.165, 1.54) is 0 Å². The van der Waals surface area contributed by atoms with E-state index in [1.54, 1.807) is 0 Å². The Balaban J connectivity index is 1.76. The van der Waals surface area contributed by atoms with Crippen molar-refractivity contribution in [3.8, 4) is 0 Å². The molecule has 5 nitrogen and oxygen atoms in total. The van der Waals surface area contributed by atoms with Gasteiger partial charge >= 0.3 is 0 Å². The zero-order valence-electron chi connectivity index (χ0n) is 10.0.